The molecule has 1 aromatic carbocycles. The number of nitrogens with one attached hydrogen (secondary N) is 2. The van der Waals surface area contributed by atoms with Crippen LogP contribution in [0, 0.1) is 0 Å². The fraction of sp³-hybridized carbons (Fsp3) is 0.286. The lowest BCUT2D eigenvalue weighted by Crippen LogP contribution is -2.40. The normalized spacial score (nSPS) is 10.6. The third-order valence-electron chi connectivity index (χ3n) is 2.59. The van der Waals surface area contributed by atoms with Crippen LogP contribution in [-0.4, -0.2) is 39.6 Å². The van der Waals surface area contributed by atoms with Gasteiger partial charge in [0.05, 0.1) is 11.9 Å². The van der Waals surface area contributed by atoms with Crippen molar-refractivity contribution in [2.75, 3.05) is 29.0 Å². The van der Waals surface area contributed by atoms with Crippen LogP contribution in [-0.2, 0) is 19.6 Å². The Morgan fingerprint density at radius 1 is 1.36 bits per heavy atom. The zero-order valence-electron chi connectivity index (χ0n) is 12.5. The Kier molecular flexibility index (Phi) is 6.11. The van der Waals surface area contributed by atoms with Crippen molar-refractivity contribution in [2.45, 2.75) is 6.92 Å². The maximum Gasteiger partial charge on any atom is 0.241 e. The summed E-state index contributed by atoms with van der Waals surface area (Å²) in [4.78, 5) is 22.8. The van der Waals surface area contributed by atoms with Crippen molar-refractivity contribution in [2.24, 2.45) is 0 Å². The minimum atomic E-state index is -3.65. The second-order valence-corrected chi connectivity index (χ2v) is 6.50. The second kappa shape index (κ2) is 7.60. The van der Waals surface area contributed by atoms with Crippen LogP contribution in [0.15, 0.2) is 36.9 Å². The van der Waals surface area contributed by atoms with Crippen LogP contribution in [0.4, 0.5) is 11.4 Å². The topological polar surface area (TPSA) is 95.6 Å². The highest BCUT2D eigenvalue weighted by atomic mass is 32.2. The Balaban J connectivity index is 3.05. The maximum absolute atomic E-state index is 11.9. The van der Waals surface area contributed by atoms with Crippen molar-refractivity contribution >= 4 is 33.2 Å². The Bertz CT molecular complexity index is 670. The Morgan fingerprint density at radius 3 is 2.59 bits per heavy atom. The number of hydrogen-bond acceptors (Lipinski definition) is 4. The van der Waals surface area contributed by atoms with Gasteiger partial charge in [0.25, 0.3) is 0 Å². The van der Waals surface area contributed by atoms with E-state index in [1.54, 1.807) is 18.2 Å². The molecule has 2 N–H and O–H groups in total. The molecule has 1 aromatic rings. The molecule has 0 spiro atoms. The van der Waals surface area contributed by atoms with Gasteiger partial charge in [-0.05, 0) is 18.2 Å². The van der Waals surface area contributed by atoms with Crippen molar-refractivity contribution in [3.63, 3.8) is 0 Å². The third-order valence-corrected chi connectivity index (χ3v) is 3.73. The van der Waals surface area contributed by atoms with Gasteiger partial charge in [-0.2, -0.15) is 0 Å². The Labute approximate surface area is 130 Å². The molecule has 0 aromatic heterocycles. The molecule has 120 valence electrons. The lowest BCUT2D eigenvalue weighted by molar-refractivity contribution is -0.119. The molecule has 0 unspecified atom stereocenters. The first-order valence-corrected chi connectivity index (χ1v) is 8.32. The van der Waals surface area contributed by atoms with Crippen LogP contribution >= 0.6 is 0 Å². The predicted molar refractivity (Wildman–Crippen MR) is 86.1 cm³/mol. The number of anilines is 2. The van der Waals surface area contributed by atoms with E-state index in [1.807, 2.05) is 0 Å². The molecule has 7 nitrogen and oxygen atoms in total. The van der Waals surface area contributed by atoms with Gasteiger partial charge in [0.15, 0.2) is 0 Å². The van der Waals surface area contributed by atoms with Gasteiger partial charge in [0, 0.05) is 19.2 Å². The number of amides is 2. The highest BCUT2D eigenvalue weighted by Crippen LogP contribution is 2.21. The van der Waals surface area contributed by atoms with Crippen LogP contribution < -0.4 is 14.9 Å². The van der Waals surface area contributed by atoms with E-state index in [9.17, 15) is 18.0 Å². The number of sulfonamides is 1. The summed E-state index contributed by atoms with van der Waals surface area (Å²) in [5.41, 5.74) is 0.743. The molecule has 0 saturated heterocycles. The van der Waals surface area contributed by atoms with E-state index in [2.05, 4.69) is 17.2 Å². The van der Waals surface area contributed by atoms with Crippen LogP contribution in [0.5, 0.6) is 0 Å². The van der Waals surface area contributed by atoms with Crippen LogP contribution in [0.25, 0.3) is 0 Å². The fourth-order valence-electron chi connectivity index (χ4n) is 1.71. The van der Waals surface area contributed by atoms with E-state index in [1.165, 1.54) is 19.1 Å². The zero-order valence-corrected chi connectivity index (χ0v) is 13.3. The van der Waals surface area contributed by atoms with Gasteiger partial charge in [-0.15, -0.1) is 6.58 Å². The minimum Gasteiger partial charge on any atom is -0.351 e. The first-order chi connectivity index (χ1) is 10.2. The van der Waals surface area contributed by atoms with Crippen LogP contribution in [0.1, 0.15) is 6.92 Å². The number of carbonyl (C=O) groups excluding carboxylic acids is 2. The number of hydrogen-bond donors (Lipinski definition) is 2. The molecule has 0 bridgehead atoms. The van der Waals surface area contributed by atoms with E-state index in [0.717, 1.165) is 10.6 Å². The first-order valence-electron chi connectivity index (χ1n) is 6.47. The minimum absolute atomic E-state index is 0.252. The van der Waals surface area contributed by atoms with Gasteiger partial charge in [-0.1, -0.05) is 12.1 Å². The van der Waals surface area contributed by atoms with Gasteiger partial charge in [0.2, 0.25) is 21.8 Å². The summed E-state index contributed by atoms with van der Waals surface area (Å²) in [6, 6.07) is 6.26. The molecule has 0 atom stereocenters. The molecule has 2 amide bonds. The third kappa shape index (κ3) is 5.57. The predicted octanol–water partition coefficient (Wildman–Crippen LogP) is 0.713. The second-order valence-electron chi connectivity index (χ2n) is 4.59. The van der Waals surface area contributed by atoms with E-state index >= 15 is 0 Å². The average molecular weight is 325 g/mol. The van der Waals surface area contributed by atoms with Gasteiger partial charge in [0.1, 0.15) is 6.54 Å². The van der Waals surface area contributed by atoms with E-state index < -0.39 is 15.9 Å². The molecule has 22 heavy (non-hydrogen) atoms. The van der Waals surface area contributed by atoms with Crippen molar-refractivity contribution in [1.29, 1.82) is 0 Å². The quantitative estimate of drug-likeness (QED) is 0.722. The first kappa shape index (κ1) is 17.7. The molecule has 0 saturated carbocycles. The van der Waals surface area contributed by atoms with E-state index in [0.29, 0.717) is 11.4 Å². The molecule has 8 heteroatoms. The van der Waals surface area contributed by atoms with Crippen LogP contribution in [0.3, 0.4) is 0 Å². The number of nitrogens with zero attached hydrogens (tertiary/aromatic N) is 1. The molecule has 0 radical (unpaired) electrons. The molecular formula is C14H19N3O4S. The molecule has 0 fully saturated rings. The monoisotopic (exact) mass is 325 g/mol. The number of benzene rings is 1. The number of carbonyl (C=O) groups is 2. The molecule has 0 heterocycles. The average Bonchev–Trinajstić information content (AvgIpc) is 2.40. The molecule has 0 aliphatic heterocycles. The van der Waals surface area contributed by atoms with Gasteiger partial charge >= 0.3 is 0 Å². The summed E-state index contributed by atoms with van der Waals surface area (Å²) in [5.74, 6) is -0.720. The summed E-state index contributed by atoms with van der Waals surface area (Å²) in [7, 11) is -3.65. The van der Waals surface area contributed by atoms with Crippen molar-refractivity contribution in [3.05, 3.63) is 36.9 Å². The SMILES string of the molecule is C=CCNC(=O)CN(c1cccc(NC(C)=O)c1)S(C)(=O)=O. The number of rotatable bonds is 7. The summed E-state index contributed by atoms with van der Waals surface area (Å²) >= 11 is 0. The molecule has 1 rings (SSSR count). The zero-order chi connectivity index (χ0) is 16.8. The summed E-state index contributed by atoms with van der Waals surface area (Å²) < 4.78 is 24.8. The molecule has 0 aliphatic carbocycles. The summed E-state index contributed by atoms with van der Waals surface area (Å²) in [6.45, 7) is 4.72. The van der Waals surface area contributed by atoms with E-state index in [-0.39, 0.29) is 19.0 Å². The lowest BCUT2D eigenvalue weighted by atomic mass is 10.2. The van der Waals surface area contributed by atoms with Gasteiger partial charge < -0.3 is 10.6 Å². The molecular weight excluding hydrogens is 306 g/mol. The fourth-order valence-corrected chi connectivity index (χ4v) is 2.56. The van der Waals surface area contributed by atoms with E-state index in [4.69, 9.17) is 0 Å². The van der Waals surface area contributed by atoms with Crippen molar-refractivity contribution in [1.82, 2.24) is 5.32 Å². The lowest BCUT2D eigenvalue weighted by Gasteiger charge is -2.22. The van der Waals surface area contributed by atoms with Crippen molar-refractivity contribution < 1.29 is 18.0 Å². The van der Waals surface area contributed by atoms with Gasteiger partial charge in [-0.3, -0.25) is 13.9 Å². The largest absolute Gasteiger partial charge is 0.351 e. The highest BCUT2D eigenvalue weighted by Gasteiger charge is 2.20. The van der Waals surface area contributed by atoms with Gasteiger partial charge in [-0.25, -0.2) is 8.42 Å². The highest BCUT2D eigenvalue weighted by molar-refractivity contribution is 7.92. The summed E-state index contributed by atoms with van der Waals surface area (Å²) in [6.07, 6.45) is 2.51. The maximum atomic E-state index is 11.9. The molecule has 0 aliphatic rings. The standard InChI is InChI=1S/C14H19N3O4S/c1-4-8-15-14(19)10-17(22(3,20)21)13-7-5-6-12(9-13)16-11(2)18/h4-7,9H,1,8,10H2,2-3H3,(H,15,19)(H,16,18). The smallest absolute Gasteiger partial charge is 0.241 e. The summed E-state index contributed by atoms with van der Waals surface area (Å²) in [5, 5.41) is 5.08. The Hall–Kier alpha value is -2.35. The van der Waals surface area contributed by atoms with Crippen LogP contribution in [0.2, 0.25) is 0 Å². The Morgan fingerprint density at radius 2 is 2.05 bits per heavy atom. The van der Waals surface area contributed by atoms with Crippen molar-refractivity contribution in [3.8, 4) is 0 Å².